The van der Waals surface area contributed by atoms with Crippen LogP contribution in [0, 0.1) is 0 Å². The minimum absolute atomic E-state index is 0.546. The van der Waals surface area contributed by atoms with Crippen LogP contribution in [0.2, 0.25) is 0 Å². The summed E-state index contributed by atoms with van der Waals surface area (Å²) in [4.78, 5) is 0. The molecule has 2 nitrogen and oxygen atoms in total. The lowest BCUT2D eigenvalue weighted by atomic mass is 10.2. The molecule has 0 heterocycles. The summed E-state index contributed by atoms with van der Waals surface area (Å²) in [6, 6.07) is 0. The van der Waals surface area contributed by atoms with Crippen molar-refractivity contribution in [1.82, 2.24) is 0 Å². The van der Waals surface area contributed by atoms with E-state index in [0.717, 1.165) is 5.57 Å². The van der Waals surface area contributed by atoms with Crippen molar-refractivity contribution in [3.05, 3.63) is 11.6 Å². The van der Waals surface area contributed by atoms with Gasteiger partial charge in [-0.25, -0.2) is 0 Å². The van der Waals surface area contributed by atoms with E-state index in [1.54, 1.807) is 0 Å². The molecule has 1 aliphatic rings. The lowest BCUT2D eigenvalue weighted by molar-refractivity contribution is 0.0555. The first-order valence-electron chi connectivity index (χ1n) is 2.74. The van der Waals surface area contributed by atoms with Crippen LogP contribution in [0.4, 0.5) is 0 Å². The van der Waals surface area contributed by atoms with Crippen LogP contribution in [0.15, 0.2) is 11.6 Å². The molecule has 0 aliphatic heterocycles. The second kappa shape index (κ2) is 1.88. The van der Waals surface area contributed by atoms with Gasteiger partial charge in [0.05, 0.1) is 6.10 Å². The van der Waals surface area contributed by atoms with Crippen LogP contribution in [-0.2, 0) is 0 Å². The molecular weight excluding hydrogens is 104 g/mol. The van der Waals surface area contributed by atoms with Crippen LogP contribution < -0.4 is 0 Å². The summed E-state index contributed by atoms with van der Waals surface area (Å²) >= 11 is 0. The monoisotopic (exact) mass is 114 g/mol. The van der Waals surface area contributed by atoms with E-state index in [-0.39, 0.29) is 0 Å². The highest BCUT2D eigenvalue weighted by molar-refractivity contribution is 5.14. The molecule has 1 rings (SSSR count). The Morgan fingerprint density at radius 3 is 2.38 bits per heavy atom. The van der Waals surface area contributed by atoms with Crippen LogP contribution in [0.3, 0.4) is 0 Å². The van der Waals surface area contributed by atoms with Gasteiger partial charge in [-0.15, -0.1) is 0 Å². The summed E-state index contributed by atoms with van der Waals surface area (Å²) in [6.45, 7) is 1.82. The highest BCUT2D eigenvalue weighted by Crippen LogP contribution is 2.17. The summed E-state index contributed by atoms with van der Waals surface area (Å²) in [7, 11) is 0. The Bertz CT molecular complexity index is 118. The Hall–Kier alpha value is -0.340. The van der Waals surface area contributed by atoms with Gasteiger partial charge in [-0.05, 0) is 18.9 Å². The zero-order valence-electron chi connectivity index (χ0n) is 4.83. The van der Waals surface area contributed by atoms with Crippen molar-refractivity contribution >= 4 is 0 Å². The summed E-state index contributed by atoms with van der Waals surface area (Å²) in [6.07, 6.45) is 1.31. The SMILES string of the molecule is CC1=CCC(O)C1O. The Morgan fingerprint density at radius 2 is 2.25 bits per heavy atom. The fourth-order valence-corrected chi connectivity index (χ4v) is 0.860. The lowest BCUT2D eigenvalue weighted by Gasteiger charge is -2.07. The maximum absolute atomic E-state index is 8.95. The largest absolute Gasteiger partial charge is 0.390 e. The van der Waals surface area contributed by atoms with Crippen molar-refractivity contribution in [2.45, 2.75) is 25.6 Å². The molecule has 0 aromatic rings. The van der Waals surface area contributed by atoms with Crippen molar-refractivity contribution in [3.8, 4) is 0 Å². The molecule has 2 N–H and O–H groups in total. The van der Waals surface area contributed by atoms with Gasteiger partial charge < -0.3 is 10.2 Å². The van der Waals surface area contributed by atoms with Gasteiger partial charge in [0.25, 0.3) is 0 Å². The number of aliphatic hydroxyl groups excluding tert-OH is 2. The smallest absolute Gasteiger partial charge is 0.101 e. The Morgan fingerprint density at radius 1 is 1.62 bits per heavy atom. The molecular formula is C6H10O2. The predicted octanol–water partition coefficient (Wildman–Crippen LogP) is 0.0582. The van der Waals surface area contributed by atoms with Gasteiger partial charge in [0, 0.05) is 0 Å². The minimum atomic E-state index is -0.602. The molecule has 46 valence electrons. The molecule has 0 saturated carbocycles. The van der Waals surface area contributed by atoms with E-state index in [2.05, 4.69) is 0 Å². The Balaban J connectivity index is 2.59. The fourth-order valence-electron chi connectivity index (χ4n) is 0.860. The lowest BCUT2D eigenvalue weighted by Crippen LogP contribution is -2.20. The van der Waals surface area contributed by atoms with Crippen molar-refractivity contribution in [2.24, 2.45) is 0 Å². The molecule has 0 aromatic heterocycles. The van der Waals surface area contributed by atoms with Gasteiger partial charge in [-0.2, -0.15) is 0 Å². The maximum Gasteiger partial charge on any atom is 0.101 e. The number of hydrogen-bond donors (Lipinski definition) is 2. The highest BCUT2D eigenvalue weighted by Gasteiger charge is 2.21. The molecule has 2 unspecified atom stereocenters. The first-order chi connectivity index (χ1) is 3.72. The van der Waals surface area contributed by atoms with Gasteiger partial charge in [0.2, 0.25) is 0 Å². The normalized spacial score (nSPS) is 37.6. The third-order valence-corrected chi connectivity index (χ3v) is 1.51. The highest BCUT2D eigenvalue weighted by atomic mass is 16.3. The summed E-state index contributed by atoms with van der Waals surface area (Å²) < 4.78 is 0. The summed E-state index contributed by atoms with van der Waals surface area (Å²) in [5.74, 6) is 0. The molecule has 0 saturated heterocycles. The minimum Gasteiger partial charge on any atom is -0.390 e. The van der Waals surface area contributed by atoms with E-state index in [1.165, 1.54) is 0 Å². The average molecular weight is 114 g/mol. The zero-order valence-corrected chi connectivity index (χ0v) is 4.83. The number of aliphatic hydroxyl groups is 2. The van der Waals surface area contributed by atoms with E-state index in [1.807, 2.05) is 13.0 Å². The fraction of sp³-hybridized carbons (Fsp3) is 0.667. The third-order valence-electron chi connectivity index (χ3n) is 1.51. The van der Waals surface area contributed by atoms with Crippen molar-refractivity contribution in [1.29, 1.82) is 0 Å². The van der Waals surface area contributed by atoms with E-state index in [0.29, 0.717) is 6.42 Å². The molecule has 0 bridgehead atoms. The van der Waals surface area contributed by atoms with Crippen molar-refractivity contribution < 1.29 is 10.2 Å². The van der Waals surface area contributed by atoms with E-state index in [9.17, 15) is 0 Å². The maximum atomic E-state index is 8.95. The summed E-state index contributed by atoms with van der Waals surface area (Å²) in [5, 5.41) is 17.8. The molecule has 0 spiro atoms. The van der Waals surface area contributed by atoms with Crippen LogP contribution in [0.5, 0.6) is 0 Å². The number of hydrogen-bond acceptors (Lipinski definition) is 2. The van der Waals surface area contributed by atoms with Gasteiger partial charge in [-0.3, -0.25) is 0 Å². The van der Waals surface area contributed by atoms with Gasteiger partial charge in [0.1, 0.15) is 6.10 Å². The number of rotatable bonds is 0. The summed E-state index contributed by atoms with van der Waals surface area (Å²) in [5.41, 5.74) is 0.887. The molecule has 0 fully saturated rings. The van der Waals surface area contributed by atoms with E-state index < -0.39 is 12.2 Å². The molecule has 8 heavy (non-hydrogen) atoms. The molecule has 2 heteroatoms. The first kappa shape index (κ1) is 5.79. The molecule has 0 aromatic carbocycles. The van der Waals surface area contributed by atoms with E-state index >= 15 is 0 Å². The molecule has 1 aliphatic carbocycles. The Kier molecular flexibility index (Phi) is 1.36. The van der Waals surface area contributed by atoms with Crippen molar-refractivity contribution in [3.63, 3.8) is 0 Å². The molecule has 0 amide bonds. The standard InChI is InChI=1S/C6H10O2/c1-4-2-3-5(7)6(4)8/h2,5-8H,3H2,1H3. The Labute approximate surface area is 48.5 Å². The van der Waals surface area contributed by atoms with Gasteiger partial charge in [0.15, 0.2) is 0 Å². The van der Waals surface area contributed by atoms with Crippen molar-refractivity contribution in [2.75, 3.05) is 0 Å². The predicted molar refractivity (Wildman–Crippen MR) is 30.4 cm³/mol. The van der Waals surface area contributed by atoms with Crippen LogP contribution in [-0.4, -0.2) is 22.4 Å². The quantitative estimate of drug-likeness (QED) is 0.437. The van der Waals surface area contributed by atoms with Crippen LogP contribution in [0.25, 0.3) is 0 Å². The first-order valence-corrected chi connectivity index (χ1v) is 2.74. The van der Waals surface area contributed by atoms with Gasteiger partial charge in [-0.1, -0.05) is 6.08 Å². The van der Waals surface area contributed by atoms with E-state index in [4.69, 9.17) is 10.2 Å². The average Bonchev–Trinajstić information content (AvgIpc) is 1.98. The second-order valence-electron chi connectivity index (χ2n) is 2.20. The second-order valence-corrected chi connectivity index (χ2v) is 2.20. The van der Waals surface area contributed by atoms with Crippen LogP contribution >= 0.6 is 0 Å². The van der Waals surface area contributed by atoms with Crippen LogP contribution in [0.1, 0.15) is 13.3 Å². The zero-order chi connectivity index (χ0) is 6.15. The molecule has 0 radical (unpaired) electrons. The third kappa shape index (κ3) is 0.767. The topological polar surface area (TPSA) is 40.5 Å². The molecule has 2 atom stereocenters. The van der Waals surface area contributed by atoms with Gasteiger partial charge >= 0.3 is 0 Å².